The lowest BCUT2D eigenvalue weighted by Gasteiger charge is -2.25. The number of amides is 1. The predicted molar refractivity (Wildman–Crippen MR) is 77.0 cm³/mol. The summed E-state index contributed by atoms with van der Waals surface area (Å²) in [6, 6.07) is 0.491. The smallest absolute Gasteiger partial charge is 0.410 e. The average Bonchev–Trinajstić information content (AvgIpc) is 3.11. The third-order valence-corrected chi connectivity index (χ3v) is 2.66. The van der Waals surface area contributed by atoms with Gasteiger partial charge < -0.3 is 9.64 Å². The average molecular weight is 267 g/mol. The molecule has 1 aliphatic rings. The number of hydrogen-bond donors (Lipinski definition) is 0. The van der Waals surface area contributed by atoms with Crippen molar-refractivity contribution in [3.63, 3.8) is 0 Å². The molecule has 108 valence electrons. The van der Waals surface area contributed by atoms with Gasteiger partial charge in [0.1, 0.15) is 5.60 Å². The first-order valence-corrected chi connectivity index (χ1v) is 6.78. The lowest BCUT2D eigenvalue weighted by Crippen LogP contribution is -2.37. The van der Waals surface area contributed by atoms with E-state index in [1.54, 1.807) is 17.3 Å². The van der Waals surface area contributed by atoms with Gasteiger partial charge in [0, 0.05) is 19.0 Å². The number of ether oxygens (including phenoxy) is 1. The van der Waals surface area contributed by atoms with Crippen molar-refractivity contribution in [2.24, 2.45) is 5.10 Å². The number of carbonyl (C=O) groups excluding carboxylic acids is 1. The van der Waals surface area contributed by atoms with Crippen molar-refractivity contribution in [1.82, 2.24) is 9.91 Å². The van der Waals surface area contributed by atoms with Gasteiger partial charge in [-0.05, 0) is 40.5 Å². The summed E-state index contributed by atoms with van der Waals surface area (Å²) in [4.78, 5) is 13.5. The van der Waals surface area contributed by atoms with E-state index < -0.39 is 5.60 Å². The van der Waals surface area contributed by atoms with Crippen LogP contribution in [0.1, 0.15) is 40.5 Å². The van der Waals surface area contributed by atoms with Gasteiger partial charge in [-0.2, -0.15) is 5.10 Å². The lowest BCUT2D eigenvalue weighted by atomic mass is 10.2. The van der Waals surface area contributed by atoms with Crippen LogP contribution in [0.2, 0.25) is 0 Å². The minimum absolute atomic E-state index is 0.307. The molecule has 0 aromatic heterocycles. The number of nitrogens with zero attached hydrogens (tertiary/aromatic N) is 3. The molecule has 19 heavy (non-hydrogen) atoms. The van der Waals surface area contributed by atoms with Gasteiger partial charge in [0.05, 0.1) is 12.6 Å². The highest BCUT2D eigenvalue weighted by Gasteiger charge is 2.26. The first-order chi connectivity index (χ1) is 8.87. The minimum atomic E-state index is -0.469. The van der Waals surface area contributed by atoms with Crippen molar-refractivity contribution < 1.29 is 9.53 Å². The minimum Gasteiger partial charge on any atom is -0.444 e. The van der Waals surface area contributed by atoms with Crippen molar-refractivity contribution in [3.05, 3.63) is 12.8 Å². The Morgan fingerprint density at radius 1 is 1.47 bits per heavy atom. The summed E-state index contributed by atoms with van der Waals surface area (Å²) < 4.78 is 5.33. The molecule has 1 amide bonds. The Morgan fingerprint density at radius 2 is 2.11 bits per heavy atom. The maximum Gasteiger partial charge on any atom is 0.410 e. The van der Waals surface area contributed by atoms with Crippen LogP contribution < -0.4 is 0 Å². The molecule has 0 radical (unpaired) electrons. The maximum absolute atomic E-state index is 11.9. The summed E-state index contributed by atoms with van der Waals surface area (Å²) >= 11 is 0. The van der Waals surface area contributed by atoms with Crippen LogP contribution in [0, 0.1) is 0 Å². The third-order valence-electron chi connectivity index (χ3n) is 2.66. The molecule has 5 nitrogen and oxygen atoms in total. The summed E-state index contributed by atoms with van der Waals surface area (Å²) in [5.41, 5.74) is -0.469. The van der Waals surface area contributed by atoms with Crippen molar-refractivity contribution in [3.8, 4) is 0 Å². The Balaban J connectivity index is 2.45. The Morgan fingerprint density at radius 3 is 2.53 bits per heavy atom. The van der Waals surface area contributed by atoms with Crippen molar-refractivity contribution in [2.75, 3.05) is 13.1 Å². The van der Waals surface area contributed by atoms with E-state index in [0.717, 1.165) is 12.8 Å². The van der Waals surface area contributed by atoms with E-state index in [-0.39, 0.29) is 6.09 Å². The van der Waals surface area contributed by atoms with Gasteiger partial charge in [-0.3, -0.25) is 5.01 Å². The standard InChI is InChI=1S/C14H25N3O2/c1-6-16(13(18)19-14(3,4)5)11-10-15-17(7-2)12-8-9-12/h7,10,12H,2,6,8-9,11H2,1,3-5H3/b15-10-. The Labute approximate surface area is 115 Å². The number of hydrogen-bond acceptors (Lipinski definition) is 4. The largest absolute Gasteiger partial charge is 0.444 e. The maximum atomic E-state index is 11.9. The second kappa shape index (κ2) is 6.59. The summed E-state index contributed by atoms with van der Waals surface area (Å²) in [5.74, 6) is 0. The molecule has 0 saturated heterocycles. The SMILES string of the molecule is C=CN(/N=C\CN(CC)C(=O)OC(C)(C)C)C1CC1. The molecule has 1 rings (SSSR count). The molecule has 0 spiro atoms. The zero-order valence-electron chi connectivity index (χ0n) is 12.4. The fourth-order valence-electron chi connectivity index (χ4n) is 1.52. The molecule has 1 aliphatic carbocycles. The zero-order valence-corrected chi connectivity index (χ0v) is 12.4. The molecule has 0 atom stereocenters. The number of rotatable bonds is 6. The van der Waals surface area contributed by atoms with Gasteiger partial charge in [-0.15, -0.1) is 0 Å². The van der Waals surface area contributed by atoms with Gasteiger partial charge >= 0.3 is 6.09 Å². The quantitative estimate of drug-likeness (QED) is 0.549. The fourth-order valence-corrected chi connectivity index (χ4v) is 1.52. The van der Waals surface area contributed by atoms with Gasteiger partial charge in [0.25, 0.3) is 0 Å². The molecule has 5 heteroatoms. The van der Waals surface area contributed by atoms with Crippen molar-refractivity contribution in [1.29, 1.82) is 0 Å². The van der Waals surface area contributed by atoms with Crippen LogP contribution in [0.5, 0.6) is 0 Å². The van der Waals surface area contributed by atoms with Gasteiger partial charge in [0.2, 0.25) is 0 Å². The highest BCUT2D eigenvalue weighted by Crippen LogP contribution is 2.26. The van der Waals surface area contributed by atoms with E-state index in [2.05, 4.69) is 11.7 Å². The summed E-state index contributed by atoms with van der Waals surface area (Å²) in [6.07, 6.45) is 5.46. The van der Waals surface area contributed by atoms with Crippen LogP contribution in [0.15, 0.2) is 17.9 Å². The molecule has 0 heterocycles. The van der Waals surface area contributed by atoms with E-state index in [0.29, 0.717) is 19.1 Å². The van der Waals surface area contributed by atoms with Crippen LogP contribution in [0.3, 0.4) is 0 Å². The fraction of sp³-hybridized carbons (Fsp3) is 0.714. The highest BCUT2D eigenvalue weighted by atomic mass is 16.6. The van der Waals surface area contributed by atoms with E-state index in [9.17, 15) is 4.79 Å². The van der Waals surface area contributed by atoms with Crippen LogP contribution >= 0.6 is 0 Å². The Kier molecular flexibility index (Phi) is 5.39. The monoisotopic (exact) mass is 267 g/mol. The summed E-state index contributed by atoms with van der Waals surface area (Å²) in [6.45, 7) is 12.3. The molecule has 1 fully saturated rings. The molecule has 0 unspecified atom stereocenters. The molecular weight excluding hydrogens is 242 g/mol. The second-order valence-electron chi connectivity index (χ2n) is 5.61. The molecule has 0 aromatic rings. The third kappa shape index (κ3) is 5.77. The van der Waals surface area contributed by atoms with Crippen LogP contribution in [-0.4, -0.2) is 46.9 Å². The summed E-state index contributed by atoms with van der Waals surface area (Å²) in [7, 11) is 0. The van der Waals surface area contributed by atoms with Crippen LogP contribution in [0.4, 0.5) is 4.79 Å². The summed E-state index contributed by atoms with van der Waals surface area (Å²) in [5, 5.41) is 6.16. The van der Waals surface area contributed by atoms with Gasteiger partial charge in [-0.25, -0.2) is 4.79 Å². The van der Waals surface area contributed by atoms with Gasteiger partial charge in [0.15, 0.2) is 0 Å². The predicted octanol–water partition coefficient (Wildman–Crippen LogP) is 2.84. The van der Waals surface area contributed by atoms with Crippen LogP contribution in [0.25, 0.3) is 0 Å². The van der Waals surface area contributed by atoms with Gasteiger partial charge in [-0.1, -0.05) is 6.58 Å². The Bertz CT molecular complexity index is 343. The molecule has 0 N–H and O–H groups in total. The van der Waals surface area contributed by atoms with Crippen molar-refractivity contribution in [2.45, 2.75) is 52.2 Å². The first-order valence-electron chi connectivity index (χ1n) is 6.78. The topological polar surface area (TPSA) is 45.1 Å². The molecule has 0 bridgehead atoms. The number of carbonyl (C=O) groups is 1. The van der Waals surface area contributed by atoms with E-state index >= 15 is 0 Å². The van der Waals surface area contributed by atoms with Crippen molar-refractivity contribution >= 4 is 12.3 Å². The molecular formula is C14H25N3O2. The highest BCUT2D eigenvalue weighted by molar-refractivity contribution is 5.73. The second-order valence-corrected chi connectivity index (χ2v) is 5.61. The molecule has 0 aliphatic heterocycles. The lowest BCUT2D eigenvalue weighted by molar-refractivity contribution is 0.0290. The zero-order chi connectivity index (χ0) is 14.5. The number of hydrazone groups is 1. The van der Waals surface area contributed by atoms with E-state index in [1.165, 1.54) is 0 Å². The normalized spacial score (nSPS) is 15.4. The Hall–Kier alpha value is -1.52. The molecule has 1 saturated carbocycles. The van der Waals surface area contributed by atoms with Crippen LogP contribution in [-0.2, 0) is 4.74 Å². The molecule has 0 aromatic carbocycles. The van der Waals surface area contributed by atoms with E-state index in [4.69, 9.17) is 4.74 Å². The van der Waals surface area contributed by atoms with E-state index in [1.807, 2.05) is 32.7 Å². The first kappa shape index (κ1) is 15.5.